The van der Waals surface area contributed by atoms with Crippen LogP contribution >= 0.6 is 23.1 Å². The second-order valence-corrected chi connectivity index (χ2v) is 8.34. The lowest BCUT2D eigenvalue weighted by atomic mass is 10.2. The number of rotatable bonds is 8. The molecule has 2 heterocycles. The lowest BCUT2D eigenvalue weighted by molar-refractivity contribution is -0.116. The molecule has 0 saturated carbocycles. The third-order valence-electron chi connectivity index (χ3n) is 4.35. The van der Waals surface area contributed by atoms with Crippen LogP contribution in [0.25, 0.3) is 10.2 Å². The van der Waals surface area contributed by atoms with Crippen LogP contribution in [0, 0.1) is 0 Å². The van der Waals surface area contributed by atoms with Crippen LogP contribution in [-0.2, 0) is 17.1 Å². The molecule has 5 nitrogen and oxygen atoms in total. The molecule has 0 aliphatic heterocycles. The van der Waals surface area contributed by atoms with Gasteiger partial charge in [0.15, 0.2) is 5.13 Å². The minimum absolute atomic E-state index is 0.000328. The number of amides is 1. The van der Waals surface area contributed by atoms with Gasteiger partial charge in [0.05, 0.1) is 30.4 Å². The molecule has 7 heteroatoms. The van der Waals surface area contributed by atoms with E-state index < -0.39 is 0 Å². The molecule has 1 amide bonds. The Bertz CT molecular complexity index is 1080. The molecule has 0 aliphatic rings. The number of thioether (sulfide) groups is 1. The van der Waals surface area contributed by atoms with Crippen molar-refractivity contribution >= 4 is 44.4 Å². The van der Waals surface area contributed by atoms with E-state index in [2.05, 4.69) is 12.1 Å². The van der Waals surface area contributed by atoms with Crippen LogP contribution in [0.1, 0.15) is 11.3 Å². The third kappa shape index (κ3) is 4.63. The van der Waals surface area contributed by atoms with E-state index in [-0.39, 0.29) is 5.91 Å². The van der Waals surface area contributed by atoms with E-state index in [1.165, 1.54) is 16.9 Å². The van der Waals surface area contributed by atoms with Gasteiger partial charge in [-0.15, -0.1) is 11.8 Å². The van der Waals surface area contributed by atoms with Crippen molar-refractivity contribution in [1.29, 1.82) is 0 Å². The standard InChI is InChI=1S/C22H20N2O3S2/c1-26-18-10-5-11-19-21(18)23-22(29-19)24(13-17-9-6-12-27-17)20(25)15-28-14-16-7-3-2-4-8-16/h2-12H,13-15H2,1H3. The van der Waals surface area contributed by atoms with Gasteiger partial charge in [-0.25, -0.2) is 4.98 Å². The number of carbonyl (C=O) groups is 1. The first-order chi connectivity index (χ1) is 14.2. The van der Waals surface area contributed by atoms with E-state index in [4.69, 9.17) is 14.1 Å². The molecule has 0 bridgehead atoms. The molecular weight excluding hydrogens is 404 g/mol. The van der Waals surface area contributed by atoms with Gasteiger partial charge in [-0.1, -0.05) is 47.7 Å². The molecule has 29 heavy (non-hydrogen) atoms. The highest BCUT2D eigenvalue weighted by Crippen LogP contribution is 2.35. The van der Waals surface area contributed by atoms with Gasteiger partial charge >= 0.3 is 0 Å². The monoisotopic (exact) mass is 424 g/mol. The van der Waals surface area contributed by atoms with Crippen molar-refractivity contribution in [1.82, 2.24) is 4.98 Å². The highest BCUT2D eigenvalue weighted by Gasteiger charge is 2.22. The summed E-state index contributed by atoms with van der Waals surface area (Å²) in [7, 11) is 1.62. The molecule has 0 N–H and O–H groups in total. The van der Waals surface area contributed by atoms with Gasteiger partial charge in [0.2, 0.25) is 5.91 Å². The first-order valence-corrected chi connectivity index (χ1v) is 11.1. The second-order valence-electron chi connectivity index (χ2n) is 6.34. The van der Waals surface area contributed by atoms with Crippen LogP contribution in [-0.4, -0.2) is 23.8 Å². The van der Waals surface area contributed by atoms with Crippen LogP contribution in [0.5, 0.6) is 5.75 Å². The summed E-state index contributed by atoms with van der Waals surface area (Å²) in [6.45, 7) is 0.347. The number of anilines is 1. The van der Waals surface area contributed by atoms with Gasteiger partial charge in [-0.3, -0.25) is 9.69 Å². The summed E-state index contributed by atoms with van der Waals surface area (Å²) in [6.07, 6.45) is 1.61. The molecule has 0 fully saturated rings. The van der Waals surface area contributed by atoms with E-state index in [1.54, 1.807) is 30.0 Å². The van der Waals surface area contributed by atoms with Gasteiger partial charge in [0.1, 0.15) is 17.0 Å². The molecule has 2 aromatic heterocycles. The number of thiazole rings is 1. The van der Waals surface area contributed by atoms with E-state index >= 15 is 0 Å². The lowest BCUT2D eigenvalue weighted by Crippen LogP contribution is -2.31. The average molecular weight is 425 g/mol. The number of methoxy groups -OCH3 is 1. The predicted octanol–water partition coefficient (Wildman–Crippen LogP) is 5.36. The molecule has 0 saturated heterocycles. The maximum Gasteiger partial charge on any atom is 0.239 e. The van der Waals surface area contributed by atoms with E-state index in [9.17, 15) is 4.79 Å². The molecule has 2 aromatic carbocycles. The molecule has 4 aromatic rings. The van der Waals surface area contributed by atoms with E-state index in [0.29, 0.717) is 23.2 Å². The fourth-order valence-electron chi connectivity index (χ4n) is 2.92. The van der Waals surface area contributed by atoms with E-state index in [1.807, 2.05) is 48.5 Å². The molecule has 0 unspecified atom stereocenters. The molecule has 4 rings (SSSR count). The summed E-state index contributed by atoms with van der Waals surface area (Å²) >= 11 is 3.07. The van der Waals surface area contributed by atoms with Gasteiger partial charge < -0.3 is 9.15 Å². The van der Waals surface area contributed by atoms with Crippen LogP contribution in [0.15, 0.2) is 71.3 Å². The Balaban J connectivity index is 1.55. The molecule has 148 valence electrons. The third-order valence-corrected chi connectivity index (χ3v) is 6.39. The summed E-state index contributed by atoms with van der Waals surface area (Å²) in [5, 5.41) is 0.645. The van der Waals surface area contributed by atoms with Gasteiger partial charge in [-0.2, -0.15) is 0 Å². The van der Waals surface area contributed by atoms with Crippen molar-refractivity contribution in [2.75, 3.05) is 17.8 Å². The zero-order valence-corrected chi connectivity index (χ0v) is 17.5. The second kappa shape index (κ2) is 9.15. The van der Waals surface area contributed by atoms with Gasteiger partial charge in [0.25, 0.3) is 0 Å². The minimum Gasteiger partial charge on any atom is -0.494 e. The zero-order chi connectivity index (χ0) is 20.1. The average Bonchev–Trinajstić information content (AvgIpc) is 3.42. The van der Waals surface area contributed by atoms with Crippen molar-refractivity contribution < 1.29 is 13.9 Å². The van der Waals surface area contributed by atoms with Crippen LogP contribution in [0.2, 0.25) is 0 Å². The number of benzene rings is 2. The number of aromatic nitrogens is 1. The van der Waals surface area contributed by atoms with Crippen molar-refractivity contribution in [2.24, 2.45) is 0 Å². The summed E-state index contributed by atoms with van der Waals surface area (Å²) in [5.41, 5.74) is 1.97. The summed E-state index contributed by atoms with van der Waals surface area (Å²) in [4.78, 5) is 19.5. The first-order valence-electron chi connectivity index (χ1n) is 9.12. The Morgan fingerprint density at radius 1 is 1.14 bits per heavy atom. The Morgan fingerprint density at radius 2 is 2.00 bits per heavy atom. The number of nitrogens with zero attached hydrogens (tertiary/aromatic N) is 2. The molecule has 0 atom stereocenters. The minimum atomic E-state index is 0.000328. The SMILES string of the molecule is COc1cccc2sc(N(Cc3ccco3)C(=O)CSCc3ccccc3)nc12. The number of hydrogen-bond acceptors (Lipinski definition) is 6. The number of furan rings is 1. The lowest BCUT2D eigenvalue weighted by Gasteiger charge is -2.18. The molecule has 0 aliphatic carbocycles. The summed E-state index contributed by atoms with van der Waals surface area (Å²) in [5.74, 6) is 2.57. The number of carbonyl (C=O) groups excluding carboxylic acids is 1. The van der Waals surface area contributed by atoms with Crippen molar-refractivity contribution in [3.63, 3.8) is 0 Å². The maximum absolute atomic E-state index is 13.1. The Labute approximate surface area is 177 Å². The molecule has 0 spiro atoms. The Hall–Kier alpha value is -2.77. The van der Waals surface area contributed by atoms with Crippen LogP contribution in [0.4, 0.5) is 5.13 Å². The summed E-state index contributed by atoms with van der Waals surface area (Å²) in [6, 6.07) is 19.6. The topological polar surface area (TPSA) is 55.6 Å². The van der Waals surface area contributed by atoms with Crippen molar-refractivity contribution in [2.45, 2.75) is 12.3 Å². The largest absolute Gasteiger partial charge is 0.494 e. The zero-order valence-electron chi connectivity index (χ0n) is 15.9. The number of fused-ring (bicyclic) bond motifs is 1. The van der Waals surface area contributed by atoms with Crippen molar-refractivity contribution in [3.8, 4) is 5.75 Å². The fraction of sp³-hybridized carbons (Fsp3) is 0.182. The van der Waals surface area contributed by atoms with Gasteiger partial charge in [-0.05, 0) is 29.8 Å². The Morgan fingerprint density at radius 3 is 2.76 bits per heavy atom. The first kappa shape index (κ1) is 19.5. The number of hydrogen-bond donors (Lipinski definition) is 0. The number of para-hydroxylation sites is 1. The Kier molecular flexibility index (Phi) is 6.17. The summed E-state index contributed by atoms with van der Waals surface area (Å²) < 4.78 is 11.9. The van der Waals surface area contributed by atoms with Gasteiger partial charge in [0, 0.05) is 5.75 Å². The normalized spacial score (nSPS) is 10.9. The van der Waals surface area contributed by atoms with E-state index in [0.717, 1.165) is 21.7 Å². The molecule has 0 radical (unpaired) electrons. The maximum atomic E-state index is 13.1. The quantitative estimate of drug-likeness (QED) is 0.381. The highest BCUT2D eigenvalue weighted by molar-refractivity contribution is 7.99. The fourth-order valence-corrected chi connectivity index (χ4v) is 4.78. The smallest absolute Gasteiger partial charge is 0.239 e. The number of ether oxygens (including phenoxy) is 1. The van der Waals surface area contributed by atoms with Crippen molar-refractivity contribution in [3.05, 3.63) is 78.3 Å². The predicted molar refractivity (Wildman–Crippen MR) is 119 cm³/mol. The highest BCUT2D eigenvalue weighted by atomic mass is 32.2. The molecular formula is C22H20N2O3S2. The van der Waals surface area contributed by atoms with Crippen LogP contribution < -0.4 is 9.64 Å². The van der Waals surface area contributed by atoms with Crippen LogP contribution in [0.3, 0.4) is 0 Å².